The average Bonchev–Trinajstić information content (AvgIpc) is 2.58. The van der Waals surface area contributed by atoms with Crippen LogP contribution in [0.5, 0.6) is 0 Å². The van der Waals surface area contributed by atoms with Gasteiger partial charge in [0.1, 0.15) is 6.10 Å². The summed E-state index contributed by atoms with van der Waals surface area (Å²) < 4.78 is 5.10. The molecular weight excluding hydrogens is 152 g/mol. The van der Waals surface area contributed by atoms with E-state index in [4.69, 9.17) is 4.74 Å². The van der Waals surface area contributed by atoms with Crippen molar-refractivity contribution >= 4 is 6.47 Å². The molecule has 2 aliphatic rings. The lowest BCUT2D eigenvalue weighted by Crippen LogP contribution is -2.33. The van der Waals surface area contributed by atoms with Crippen LogP contribution in [0.3, 0.4) is 0 Å². The summed E-state index contributed by atoms with van der Waals surface area (Å²) in [5.74, 6) is 0.803. The Kier molecular flexibility index (Phi) is 1.37. The third kappa shape index (κ3) is 0.732. The zero-order valence-electron chi connectivity index (χ0n) is 7.96. The molecule has 2 aliphatic carbocycles. The van der Waals surface area contributed by atoms with Crippen molar-refractivity contribution < 1.29 is 9.53 Å². The molecule has 0 heterocycles. The molecule has 0 spiro atoms. The SMILES string of the molecule is CC1(C)[C@H](OC=O)C[C@@H]2CC21C. The number of rotatable bonds is 2. The number of hydrogen-bond donors (Lipinski definition) is 0. The first-order valence-corrected chi connectivity index (χ1v) is 4.61. The van der Waals surface area contributed by atoms with Gasteiger partial charge in [-0.05, 0) is 24.2 Å². The quantitative estimate of drug-likeness (QED) is 0.589. The van der Waals surface area contributed by atoms with Crippen LogP contribution in [0.2, 0.25) is 0 Å². The van der Waals surface area contributed by atoms with Crippen molar-refractivity contribution in [2.24, 2.45) is 16.7 Å². The van der Waals surface area contributed by atoms with Gasteiger partial charge in [-0.1, -0.05) is 20.8 Å². The van der Waals surface area contributed by atoms with Crippen LogP contribution in [-0.2, 0) is 9.53 Å². The molecule has 0 aromatic rings. The van der Waals surface area contributed by atoms with Crippen molar-refractivity contribution in [3.8, 4) is 0 Å². The van der Waals surface area contributed by atoms with E-state index in [2.05, 4.69) is 20.8 Å². The van der Waals surface area contributed by atoms with Gasteiger partial charge in [0.25, 0.3) is 6.47 Å². The Morgan fingerprint density at radius 3 is 2.50 bits per heavy atom. The predicted octanol–water partition coefficient (Wildman–Crippen LogP) is 1.98. The van der Waals surface area contributed by atoms with Gasteiger partial charge in [-0.2, -0.15) is 0 Å². The first-order chi connectivity index (χ1) is 5.52. The van der Waals surface area contributed by atoms with E-state index in [9.17, 15) is 4.79 Å². The summed E-state index contributed by atoms with van der Waals surface area (Å²) in [5, 5.41) is 0. The van der Waals surface area contributed by atoms with E-state index in [1.54, 1.807) is 0 Å². The van der Waals surface area contributed by atoms with Crippen LogP contribution >= 0.6 is 0 Å². The summed E-state index contributed by atoms with van der Waals surface area (Å²) >= 11 is 0. The van der Waals surface area contributed by atoms with Crippen molar-refractivity contribution in [3.05, 3.63) is 0 Å². The third-order valence-electron chi connectivity index (χ3n) is 4.41. The highest BCUT2D eigenvalue weighted by Crippen LogP contribution is 2.72. The van der Waals surface area contributed by atoms with Crippen LogP contribution < -0.4 is 0 Å². The van der Waals surface area contributed by atoms with Crippen LogP contribution in [0, 0.1) is 16.7 Å². The van der Waals surface area contributed by atoms with Crippen molar-refractivity contribution in [1.29, 1.82) is 0 Å². The number of hydrogen-bond acceptors (Lipinski definition) is 2. The normalized spacial score (nSPS) is 48.2. The summed E-state index contributed by atoms with van der Waals surface area (Å²) in [6, 6.07) is 0. The molecule has 0 N–H and O–H groups in total. The Labute approximate surface area is 73.3 Å². The van der Waals surface area contributed by atoms with E-state index in [1.165, 1.54) is 6.42 Å². The molecule has 0 radical (unpaired) electrons. The fourth-order valence-corrected chi connectivity index (χ4v) is 2.80. The van der Waals surface area contributed by atoms with Gasteiger partial charge in [0, 0.05) is 5.41 Å². The molecule has 0 aliphatic heterocycles. The maximum atomic E-state index is 10.3. The molecular formula is C10H16O2. The molecule has 2 rings (SSSR count). The van der Waals surface area contributed by atoms with Gasteiger partial charge >= 0.3 is 0 Å². The highest BCUT2D eigenvalue weighted by atomic mass is 16.5. The number of ether oxygens (including phenoxy) is 1. The minimum Gasteiger partial charge on any atom is -0.464 e. The van der Waals surface area contributed by atoms with Crippen molar-refractivity contribution in [2.45, 2.75) is 39.7 Å². The summed E-state index contributed by atoms with van der Waals surface area (Å²) in [5.41, 5.74) is 0.624. The molecule has 0 aromatic carbocycles. The molecule has 0 bridgehead atoms. The second kappa shape index (κ2) is 2.04. The first-order valence-electron chi connectivity index (χ1n) is 4.61. The Hall–Kier alpha value is -0.530. The summed E-state index contributed by atoms with van der Waals surface area (Å²) in [6.07, 6.45) is 2.54. The Morgan fingerprint density at radius 1 is 1.42 bits per heavy atom. The summed E-state index contributed by atoms with van der Waals surface area (Å²) in [4.78, 5) is 10.3. The van der Waals surface area contributed by atoms with Crippen LogP contribution in [0.1, 0.15) is 33.6 Å². The second-order valence-corrected chi connectivity index (χ2v) is 5.00. The van der Waals surface area contributed by atoms with Crippen LogP contribution in [0.25, 0.3) is 0 Å². The second-order valence-electron chi connectivity index (χ2n) is 5.00. The van der Waals surface area contributed by atoms with Gasteiger partial charge in [-0.25, -0.2) is 0 Å². The van der Waals surface area contributed by atoms with E-state index in [0.29, 0.717) is 11.9 Å². The lowest BCUT2D eigenvalue weighted by Gasteiger charge is -2.33. The maximum Gasteiger partial charge on any atom is 0.293 e. The molecule has 1 unspecified atom stereocenters. The van der Waals surface area contributed by atoms with Crippen molar-refractivity contribution in [1.82, 2.24) is 0 Å². The van der Waals surface area contributed by atoms with Crippen LogP contribution in [0.15, 0.2) is 0 Å². The summed E-state index contributed by atoms with van der Waals surface area (Å²) in [7, 11) is 0. The van der Waals surface area contributed by atoms with E-state index in [1.807, 2.05) is 0 Å². The number of carbonyl (C=O) groups is 1. The zero-order valence-corrected chi connectivity index (χ0v) is 7.96. The topological polar surface area (TPSA) is 26.3 Å². The largest absolute Gasteiger partial charge is 0.464 e. The van der Waals surface area contributed by atoms with Gasteiger partial charge in [0.2, 0.25) is 0 Å². The van der Waals surface area contributed by atoms with Gasteiger partial charge < -0.3 is 4.74 Å². The Balaban J connectivity index is 2.17. The number of carbonyl (C=O) groups excluding carboxylic acids is 1. The van der Waals surface area contributed by atoms with Crippen molar-refractivity contribution in [2.75, 3.05) is 0 Å². The summed E-state index contributed by atoms with van der Waals surface area (Å²) in [6.45, 7) is 7.34. The molecule has 0 amide bonds. The van der Waals surface area contributed by atoms with E-state index >= 15 is 0 Å². The Morgan fingerprint density at radius 2 is 2.08 bits per heavy atom. The van der Waals surface area contributed by atoms with Gasteiger partial charge in [-0.3, -0.25) is 4.79 Å². The van der Waals surface area contributed by atoms with Gasteiger partial charge in [-0.15, -0.1) is 0 Å². The lowest BCUT2D eigenvalue weighted by atomic mass is 9.76. The molecule has 2 nitrogen and oxygen atoms in total. The predicted molar refractivity (Wildman–Crippen MR) is 45.5 cm³/mol. The molecule has 68 valence electrons. The zero-order chi connectivity index (χ0) is 8.98. The molecule has 3 atom stereocenters. The number of fused-ring (bicyclic) bond motifs is 1. The van der Waals surface area contributed by atoms with Crippen LogP contribution in [-0.4, -0.2) is 12.6 Å². The molecule has 2 heteroatoms. The minimum atomic E-state index is 0.152. The fourth-order valence-electron chi connectivity index (χ4n) is 2.80. The smallest absolute Gasteiger partial charge is 0.293 e. The highest BCUT2D eigenvalue weighted by molar-refractivity contribution is 5.38. The molecule has 12 heavy (non-hydrogen) atoms. The minimum absolute atomic E-state index is 0.152. The van der Waals surface area contributed by atoms with E-state index in [-0.39, 0.29) is 11.5 Å². The van der Waals surface area contributed by atoms with Gasteiger partial charge in [0.05, 0.1) is 0 Å². The molecule has 2 fully saturated rings. The highest BCUT2D eigenvalue weighted by Gasteiger charge is 2.68. The van der Waals surface area contributed by atoms with Crippen molar-refractivity contribution in [3.63, 3.8) is 0 Å². The molecule has 0 saturated heterocycles. The maximum absolute atomic E-state index is 10.3. The first kappa shape index (κ1) is 8.09. The van der Waals surface area contributed by atoms with E-state index < -0.39 is 0 Å². The van der Waals surface area contributed by atoms with E-state index in [0.717, 1.165) is 12.3 Å². The Bertz CT molecular complexity index is 222. The van der Waals surface area contributed by atoms with Crippen LogP contribution in [0.4, 0.5) is 0 Å². The standard InChI is InChI=1S/C10H16O2/c1-9(2)8(12-6-11)4-7-5-10(7,9)3/h6-8H,4-5H2,1-3H3/t7-,8-,10?/m1/s1. The fraction of sp³-hybridized carbons (Fsp3) is 0.900. The molecule has 0 aromatic heterocycles. The van der Waals surface area contributed by atoms with Gasteiger partial charge in [0.15, 0.2) is 0 Å². The monoisotopic (exact) mass is 168 g/mol. The third-order valence-corrected chi connectivity index (χ3v) is 4.41. The average molecular weight is 168 g/mol. The molecule has 2 saturated carbocycles. The lowest BCUT2D eigenvalue weighted by molar-refractivity contribution is -0.139.